The van der Waals surface area contributed by atoms with E-state index in [1.807, 2.05) is 0 Å². The minimum absolute atomic E-state index is 0.0214. The Bertz CT molecular complexity index is 3180. The van der Waals surface area contributed by atoms with Gasteiger partial charge in [0.25, 0.3) is 0 Å². The molecule has 4 aliphatic rings. The van der Waals surface area contributed by atoms with Gasteiger partial charge in [0.1, 0.15) is 84.6 Å². The van der Waals surface area contributed by atoms with Gasteiger partial charge in [-0.3, -0.25) is 76.9 Å². The van der Waals surface area contributed by atoms with Crippen molar-refractivity contribution < 1.29 is 87.2 Å². The molecule has 0 radical (unpaired) electrons. The van der Waals surface area contributed by atoms with Gasteiger partial charge in [-0.25, -0.2) is 4.98 Å². The number of fused-ring (bicyclic) bond motifs is 10. The first-order chi connectivity index (χ1) is 49.0. The number of carbonyl (C=O) groups is 15. The number of aliphatic imine (C=N–C) groups is 1. The number of aliphatic hydroxyl groups is 3. The summed E-state index contributed by atoms with van der Waals surface area (Å²) in [6, 6.07) is -21.8. The van der Waals surface area contributed by atoms with E-state index in [1.165, 1.54) is 36.1 Å². The van der Waals surface area contributed by atoms with Gasteiger partial charge < -0.3 is 117 Å². The lowest BCUT2D eigenvalue weighted by molar-refractivity contribution is -0.143. The molecule has 39 nitrogen and oxygen atoms in total. The Kier molecular flexibility index (Phi) is 36.1. The summed E-state index contributed by atoms with van der Waals surface area (Å²) in [5.41, 5.74) is 22.9. The average Bonchev–Trinajstić information content (AvgIpc) is 1.75. The average molecular weight is 1550 g/mol. The van der Waals surface area contributed by atoms with Crippen molar-refractivity contribution in [2.45, 2.75) is 163 Å². The highest BCUT2D eigenvalue weighted by Crippen LogP contribution is 2.27. The van der Waals surface area contributed by atoms with Gasteiger partial charge in [-0.05, 0) is 76.2 Å². The number of thioether (sulfide) groups is 1. The maximum absolute atomic E-state index is 14.8. The maximum atomic E-state index is 14.8. The molecule has 15 amide bonds. The monoisotopic (exact) mass is 1550 g/mol. The predicted octanol–water partition coefficient (Wildman–Crippen LogP) is -9.16. The van der Waals surface area contributed by atoms with Crippen molar-refractivity contribution in [3.8, 4) is 0 Å². The number of aliphatic hydroxyl groups excluding tert-OH is 3. The van der Waals surface area contributed by atoms with E-state index in [0.29, 0.717) is 17.9 Å². The Labute approximate surface area is 613 Å². The Morgan fingerprint density at radius 1 is 0.592 bits per heavy atom. The summed E-state index contributed by atoms with van der Waals surface area (Å²) >= 11 is 1.42. The van der Waals surface area contributed by atoms with Crippen LogP contribution in [0.5, 0.6) is 0 Å². The van der Waals surface area contributed by atoms with Gasteiger partial charge in [-0.2, -0.15) is 11.8 Å². The number of hydrogen-bond donors (Lipinski definition) is 20. The van der Waals surface area contributed by atoms with Crippen molar-refractivity contribution in [3.05, 3.63) is 18.2 Å². The van der Waals surface area contributed by atoms with Crippen LogP contribution in [0.15, 0.2) is 17.5 Å². The molecule has 14 atom stereocenters. The van der Waals surface area contributed by atoms with Crippen molar-refractivity contribution in [1.82, 2.24) is 83.6 Å². The number of nitrogens with one attached hydrogen (secondary N) is 13. The van der Waals surface area contributed by atoms with Gasteiger partial charge in [0, 0.05) is 61.0 Å². The smallest absolute Gasteiger partial charge is 0.248 e. The SMILES string of the molecule is CSCCC[C@@H]1NC(=O)[C@H](C)NC(=O)[C@H](CO)NC(=O)[C@@H]2CSSC[C@H](NC(=O)CN)C(=O)N[C@@H](CSSC[C@@H](C(N)=O)NC(=O)[C@H](CCCN=C(N)N)NC(=O)[C@@H]3CCCN3C(=O)[C@H](CO)NC1=O)C(=O)N[C@@H](CO)C(=O)N[C@@H](Cc1cnc[nH]1)C(=O)N1CCC[C@H]1C(=O)N[C@@H](C(C)C)C(=O)N2. The quantitative estimate of drug-likeness (QED) is 0.0298. The highest BCUT2D eigenvalue weighted by molar-refractivity contribution is 8.77. The molecular weight excluding hydrogens is 1450 g/mol. The number of carbonyl (C=O) groups excluding carboxylic acids is 15. The largest absolute Gasteiger partial charge is 0.394 e. The number of H-pyrrole nitrogens is 1. The molecule has 1 aromatic rings. The van der Waals surface area contributed by atoms with E-state index in [2.05, 4.69) is 78.8 Å². The normalized spacial score (nSPS) is 28.3. The van der Waals surface area contributed by atoms with E-state index in [-0.39, 0.29) is 88.5 Å². The molecule has 0 spiro atoms. The van der Waals surface area contributed by atoms with Crippen LogP contribution in [0.4, 0.5) is 0 Å². The van der Waals surface area contributed by atoms with Crippen LogP contribution in [0.25, 0.3) is 0 Å². The number of aromatic amines is 1. The summed E-state index contributed by atoms with van der Waals surface area (Å²) in [5.74, 6) is -16.8. The molecule has 44 heteroatoms. The lowest BCUT2D eigenvalue weighted by Gasteiger charge is -2.31. The van der Waals surface area contributed by atoms with E-state index in [9.17, 15) is 87.2 Å². The Hall–Kier alpha value is -7.88. The predicted molar refractivity (Wildman–Crippen MR) is 382 cm³/mol. The molecule has 2 bridgehead atoms. The molecule has 0 aliphatic carbocycles. The van der Waals surface area contributed by atoms with Crippen molar-refractivity contribution in [1.29, 1.82) is 0 Å². The number of guanidine groups is 1. The van der Waals surface area contributed by atoms with E-state index in [1.54, 1.807) is 20.1 Å². The van der Waals surface area contributed by atoms with Crippen molar-refractivity contribution in [2.24, 2.45) is 33.8 Å². The van der Waals surface area contributed by atoms with Crippen molar-refractivity contribution in [3.63, 3.8) is 0 Å². The van der Waals surface area contributed by atoms with Crippen LogP contribution in [0.2, 0.25) is 0 Å². The van der Waals surface area contributed by atoms with Crippen molar-refractivity contribution in [2.75, 3.05) is 81.0 Å². The lowest BCUT2D eigenvalue weighted by Crippen LogP contribution is -2.62. The van der Waals surface area contributed by atoms with Crippen molar-refractivity contribution >= 4 is 150 Å². The number of nitrogens with two attached hydrogens (primary N) is 4. The zero-order valence-electron chi connectivity index (χ0n) is 57.3. The van der Waals surface area contributed by atoms with E-state index >= 15 is 0 Å². The third-order valence-corrected chi connectivity index (χ3v) is 22.2. The van der Waals surface area contributed by atoms with E-state index < -0.39 is 217 Å². The molecule has 574 valence electrons. The molecule has 0 unspecified atom stereocenters. The van der Waals surface area contributed by atoms with Gasteiger partial charge in [-0.1, -0.05) is 57.0 Å². The molecular formula is C59H95N21O18S5. The zero-order valence-corrected chi connectivity index (χ0v) is 61.4. The zero-order chi connectivity index (χ0) is 76.0. The highest BCUT2D eigenvalue weighted by atomic mass is 33.1. The minimum Gasteiger partial charge on any atom is -0.394 e. The summed E-state index contributed by atoms with van der Waals surface area (Å²) < 4.78 is 0. The van der Waals surface area contributed by atoms with Crippen LogP contribution in [0, 0.1) is 5.92 Å². The van der Waals surface area contributed by atoms with E-state index in [0.717, 1.165) is 48.1 Å². The van der Waals surface area contributed by atoms with Crippen LogP contribution in [0.3, 0.4) is 0 Å². The molecule has 5 heterocycles. The maximum Gasteiger partial charge on any atom is 0.248 e. The van der Waals surface area contributed by atoms with Gasteiger partial charge in [-0.15, -0.1) is 0 Å². The van der Waals surface area contributed by atoms with E-state index in [4.69, 9.17) is 22.9 Å². The minimum atomic E-state index is -1.85. The Balaban J connectivity index is 1.63. The van der Waals surface area contributed by atoms with Gasteiger partial charge >= 0.3 is 0 Å². The molecule has 24 N–H and O–H groups in total. The second kappa shape index (κ2) is 43.4. The first kappa shape index (κ1) is 85.8. The number of rotatable bonds is 17. The van der Waals surface area contributed by atoms with Gasteiger partial charge in [0.15, 0.2) is 5.96 Å². The third-order valence-electron chi connectivity index (χ3n) is 16.6. The molecule has 0 saturated carbocycles. The van der Waals surface area contributed by atoms with Crippen LogP contribution in [-0.4, -0.2) is 295 Å². The summed E-state index contributed by atoms with van der Waals surface area (Å²) in [7, 11) is 3.34. The fourth-order valence-electron chi connectivity index (χ4n) is 11.0. The molecule has 103 heavy (non-hydrogen) atoms. The highest BCUT2D eigenvalue weighted by Gasteiger charge is 2.44. The van der Waals surface area contributed by atoms with Crippen LogP contribution in [-0.2, 0) is 78.3 Å². The van der Waals surface area contributed by atoms with Gasteiger partial charge in [0.05, 0.1) is 32.7 Å². The van der Waals surface area contributed by atoms with Crippen LogP contribution < -0.4 is 86.7 Å². The van der Waals surface area contributed by atoms with Crippen LogP contribution in [0.1, 0.15) is 77.8 Å². The summed E-state index contributed by atoms with van der Waals surface area (Å²) in [5, 5.41) is 62.1. The van der Waals surface area contributed by atoms with Gasteiger partial charge in [0.2, 0.25) is 88.6 Å². The number of aromatic nitrogens is 2. The van der Waals surface area contributed by atoms with Crippen LogP contribution >= 0.6 is 54.9 Å². The topological polar surface area (TPSA) is 613 Å². The fourth-order valence-corrected chi connectivity index (χ4v) is 16.1. The number of hydrogen-bond acceptors (Lipinski definition) is 26. The molecule has 5 rings (SSSR count). The molecule has 4 fully saturated rings. The summed E-state index contributed by atoms with van der Waals surface area (Å²) in [6.07, 6.45) is 5.02. The third kappa shape index (κ3) is 26.6. The molecule has 0 aromatic carbocycles. The summed E-state index contributed by atoms with van der Waals surface area (Å²) in [4.78, 5) is 226. The molecule has 4 aliphatic heterocycles. The fraction of sp³-hybridized carbons (Fsp3) is 0.678. The first-order valence-corrected chi connectivity index (χ1v) is 39.5. The first-order valence-electron chi connectivity index (χ1n) is 33.1. The summed E-state index contributed by atoms with van der Waals surface area (Å²) in [6.45, 7) is 0.423. The Morgan fingerprint density at radius 2 is 1.08 bits per heavy atom. The molecule has 1 aromatic heterocycles. The number of amides is 15. The number of nitrogens with zero attached hydrogens (tertiary/aromatic N) is 4. The Morgan fingerprint density at radius 3 is 1.61 bits per heavy atom. The molecule has 4 saturated heterocycles. The number of primary amides is 1. The number of imidazole rings is 1. The second-order valence-electron chi connectivity index (χ2n) is 24.7. The standard InChI is InChI=1S/C59H95N21O18S5/c1-28(2)44-56(96)77-40-26-103-101-24-38(68-43(84)18-60)51(91)76-39(52(92)73-35(21-82)50(90)71-33(17-30-19-64-27-66-30)57(97)79-14-7-12-42(79)55(95)78-44)25-102-100-23-37(45(61)85)75-48(88)31(9-5-13-65-59(62)63)70-54(94)41-11-6-15-80(41)58(98)36(22-83)74-47(87)32(10-8-16-99-4)69-46(86)29(3)67-49(89)34(20-81)72-53(40)93/h19,27-29,31-42,44,81-83H,5-18,20-26,60H2,1-4H3,(H2,61,85)(H,64,66)(H,67,89)(H,68,84)(H,69,86)(H,70,94)(H,71,90)(H,72,93)(H,73,92)(H,74,87)(H,75,88)(H,76,91)(H,77,96)(H,78,95)(H4,62,63,65)/t29-,31-,32-,33-,34-,35-,36-,37-,38-,39-,40-,41-,42-,44-/m0/s1. The second-order valence-corrected chi connectivity index (χ2v) is 30.8. The lowest BCUT2D eigenvalue weighted by atomic mass is 10.0.